The summed E-state index contributed by atoms with van der Waals surface area (Å²) in [7, 11) is 0. The summed E-state index contributed by atoms with van der Waals surface area (Å²) in [5.74, 6) is 1.17. The maximum Gasteiger partial charge on any atom is 0.157 e. The molecular formula is C24H41F3O. The minimum absolute atomic E-state index is 0.00285. The van der Waals surface area contributed by atoms with Crippen molar-refractivity contribution in [3.63, 3.8) is 0 Å². The molecular weight excluding hydrogens is 361 g/mol. The average molecular weight is 403 g/mol. The molecule has 1 nitrogen and oxygen atoms in total. The van der Waals surface area contributed by atoms with Crippen LogP contribution in [0.5, 0.6) is 0 Å². The van der Waals surface area contributed by atoms with Crippen molar-refractivity contribution < 1.29 is 17.9 Å². The summed E-state index contributed by atoms with van der Waals surface area (Å²) in [6, 6.07) is 0. The van der Waals surface area contributed by atoms with Gasteiger partial charge in [-0.3, -0.25) is 0 Å². The van der Waals surface area contributed by atoms with Crippen molar-refractivity contribution >= 4 is 0 Å². The van der Waals surface area contributed by atoms with Gasteiger partial charge in [-0.25, -0.2) is 13.2 Å². The summed E-state index contributed by atoms with van der Waals surface area (Å²) in [5, 5.41) is 0. The summed E-state index contributed by atoms with van der Waals surface area (Å²) in [4.78, 5) is 0. The van der Waals surface area contributed by atoms with Crippen LogP contribution in [0, 0.1) is 29.6 Å². The predicted octanol–water partition coefficient (Wildman–Crippen LogP) is 7.23. The van der Waals surface area contributed by atoms with Gasteiger partial charge in [0.15, 0.2) is 6.17 Å². The molecule has 0 spiro atoms. The minimum Gasteiger partial charge on any atom is -0.375 e. The molecule has 28 heavy (non-hydrogen) atoms. The van der Waals surface area contributed by atoms with Crippen LogP contribution in [0.25, 0.3) is 0 Å². The molecule has 0 aromatic heterocycles. The molecule has 0 bridgehead atoms. The van der Waals surface area contributed by atoms with E-state index in [1.54, 1.807) is 0 Å². The van der Waals surface area contributed by atoms with E-state index < -0.39 is 24.6 Å². The molecule has 4 heteroatoms. The highest BCUT2D eigenvalue weighted by atomic mass is 19.2. The van der Waals surface area contributed by atoms with Gasteiger partial charge in [-0.05, 0) is 81.0 Å². The summed E-state index contributed by atoms with van der Waals surface area (Å²) in [6.07, 6.45) is 6.85. The first-order valence-corrected chi connectivity index (χ1v) is 12.1. The zero-order valence-electron chi connectivity index (χ0n) is 17.9. The van der Waals surface area contributed by atoms with Crippen LogP contribution in [0.4, 0.5) is 13.2 Å². The first-order valence-electron chi connectivity index (χ1n) is 12.1. The van der Waals surface area contributed by atoms with Gasteiger partial charge in [0, 0.05) is 6.61 Å². The topological polar surface area (TPSA) is 9.23 Å². The zero-order chi connectivity index (χ0) is 20.1. The molecule has 0 aromatic carbocycles. The molecule has 0 saturated heterocycles. The number of hydrogen-bond donors (Lipinski definition) is 0. The Kier molecular flexibility index (Phi) is 8.56. The first-order chi connectivity index (χ1) is 13.5. The van der Waals surface area contributed by atoms with Gasteiger partial charge in [0.2, 0.25) is 0 Å². The molecule has 0 amide bonds. The lowest BCUT2D eigenvalue weighted by Crippen LogP contribution is -2.47. The van der Waals surface area contributed by atoms with E-state index in [-0.39, 0.29) is 17.8 Å². The number of halogens is 3. The molecule has 3 aliphatic rings. The van der Waals surface area contributed by atoms with Crippen molar-refractivity contribution in [2.24, 2.45) is 29.6 Å². The van der Waals surface area contributed by atoms with Crippen LogP contribution in [0.3, 0.4) is 0 Å². The first kappa shape index (κ1) is 22.4. The second kappa shape index (κ2) is 10.7. The van der Waals surface area contributed by atoms with E-state index in [2.05, 4.69) is 13.8 Å². The zero-order valence-corrected chi connectivity index (χ0v) is 17.9. The highest BCUT2D eigenvalue weighted by Gasteiger charge is 2.47. The molecule has 0 radical (unpaired) electrons. The van der Waals surface area contributed by atoms with E-state index in [4.69, 9.17) is 4.74 Å². The van der Waals surface area contributed by atoms with E-state index in [1.165, 1.54) is 19.3 Å². The Morgan fingerprint density at radius 1 is 0.750 bits per heavy atom. The maximum atomic E-state index is 15.1. The summed E-state index contributed by atoms with van der Waals surface area (Å²) in [5.41, 5.74) is 0. The van der Waals surface area contributed by atoms with Crippen LogP contribution in [0.1, 0.15) is 90.9 Å². The maximum absolute atomic E-state index is 15.1. The largest absolute Gasteiger partial charge is 0.375 e. The van der Waals surface area contributed by atoms with Crippen molar-refractivity contribution in [2.75, 3.05) is 6.61 Å². The van der Waals surface area contributed by atoms with Crippen molar-refractivity contribution in [3.8, 4) is 0 Å². The molecule has 0 heterocycles. The van der Waals surface area contributed by atoms with Crippen molar-refractivity contribution in [3.05, 3.63) is 0 Å². The van der Waals surface area contributed by atoms with Crippen LogP contribution in [-0.2, 0) is 4.74 Å². The van der Waals surface area contributed by atoms with Gasteiger partial charge < -0.3 is 4.74 Å². The average Bonchev–Trinajstić information content (AvgIpc) is 2.71. The number of alkyl halides is 3. The monoisotopic (exact) mass is 402 g/mol. The molecule has 3 rings (SSSR count). The highest BCUT2D eigenvalue weighted by molar-refractivity contribution is 4.96. The second-order valence-electron chi connectivity index (χ2n) is 9.83. The van der Waals surface area contributed by atoms with Gasteiger partial charge in [0.1, 0.15) is 12.3 Å². The lowest BCUT2D eigenvalue weighted by Gasteiger charge is -2.44. The molecule has 7 atom stereocenters. The Morgan fingerprint density at radius 2 is 1.43 bits per heavy atom. The third kappa shape index (κ3) is 5.26. The Bertz CT molecular complexity index is 451. The van der Waals surface area contributed by atoms with Crippen molar-refractivity contribution in [2.45, 2.75) is 116 Å². The Balaban J connectivity index is 1.48. The lowest BCUT2D eigenvalue weighted by atomic mass is 9.64. The van der Waals surface area contributed by atoms with Crippen LogP contribution in [-0.4, -0.2) is 31.2 Å². The standard InChI is InChI=1S/C24H41F3O/c1-3-5-14-28-22-13-12-20(23(26)24(22)27)18-10-11-19(21(25)15-18)17-8-6-16(4-2)7-9-17/h16-24H,3-15H2,1-2H3. The fraction of sp³-hybridized carbons (Fsp3) is 1.00. The lowest BCUT2D eigenvalue weighted by molar-refractivity contribution is -0.0925. The van der Waals surface area contributed by atoms with Crippen LogP contribution >= 0.6 is 0 Å². The summed E-state index contributed by atoms with van der Waals surface area (Å²) < 4.78 is 50.2. The van der Waals surface area contributed by atoms with E-state index in [0.717, 1.165) is 44.4 Å². The number of rotatable bonds is 7. The van der Waals surface area contributed by atoms with Gasteiger partial charge in [-0.2, -0.15) is 0 Å². The van der Waals surface area contributed by atoms with E-state index in [1.807, 2.05) is 0 Å². The van der Waals surface area contributed by atoms with Gasteiger partial charge in [0.05, 0.1) is 6.10 Å². The Morgan fingerprint density at radius 3 is 2.07 bits per heavy atom. The Labute approximate surface area is 170 Å². The normalized spacial score (nSPS) is 45.1. The third-order valence-corrected chi connectivity index (χ3v) is 8.23. The molecule has 3 saturated carbocycles. The quantitative estimate of drug-likeness (QED) is 0.408. The molecule has 0 aromatic rings. The van der Waals surface area contributed by atoms with Gasteiger partial charge in [-0.15, -0.1) is 0 Å². The van der Waals surface area contributed by atoms with Crippen molar-refractivity contribution in [1.82, 2.24) is 0 Å². The molecule has 3 aliphatic carbocycles. The molecule has 3 fully saturated rings. The molecule has 164 valence electrons. The smallest absolute Gasteiger partial charge is 0.157 e. The summed E-state index contributed by atoms with van der Waals surface area (Å²) in [6.45, 7) is 4.82. The van der Waals surface area contributed by atoms with Crippen LogP contribution in [0.2, 0.25) is 0 Å². The number of ether oxygens (including phenoxy) is 1. The van der Waals surface area contributed by atoms with Gasteiger partial charge in [-0.1, -0.05) is 39.5 Å². The van der Waals surface area contributed by atoms with Crippen molar-refractivity contribution in [1.29, 1.82) is 0 Å². The van der Waals surface area contributed by atoms with E-state index in [9.17, 15) is 8.78 Å². The highest BCUT2D eigenvalue weighted by Crippen LogP contribution is 2.47. The third-order valence-electron chi connectivity index (χ3n) is 8.23. The van der Waals surface area contributed by atoms with E-state index >= 15 is 4.39 Å². The van der Waals surface area contributed by atoms with Crippen LogP contribution < -0.4 is 0 Å². The summed E-state index contributed by atoms with van der Waals surface area (Å²) >= 11 is 0. The van der Waals surface area contributed by atoms with Gasteiger partial charge in [0.25, 0.3) is 0 Å². The van der Waals surface area contributed by atoms with Crippen LogP contribution in [0.15, 0.2) is 0 Å². The minimum atomic E-state index is -1.55. The molecule has 0 aliphatic heterocycles. The number of hydrogen-bond acceptors (Lipinski definition) is 1. The van der Waals surface area contributed by atoms with Gasteiger partial charge >= 0.3 is 0 Å². The molecule has 0 N–H and O–H groups in total. The fourth-order valence-electron chi connectivity index (χ4n) is 6.28. The number of unbranched alkanes of at least 4 members (excludes halogenated alkanes) is 1. The second-order valence-corrected chi connectivity index (χ2v) is 9.83. The SMILES string of the molecule is CCCCOC1CCC(C2CCC(C3CCC(CC)CC3)C(F)C2)C(F)C1F. The fourth-order valence-corrected chi connectivity index (χ4v) is 6.28. The Hall–Kier alpha value is -0.250. The predicted molar refractivity (Wildman–Crippen MR) is 109 cm³/mol. The van der Waals surface area contributed by atoms with E-state index in [0.29, 0.717) is 31.8 Å². The molecule has 7 unspecified atom stereocenters.